The Morgan fingerprint density at radius 1 is 1.12 bits per heavy atom. The van der Waals surface area contributed by atoms with E-state index in [0.717, 1.165) is 40.7 Å². The Morgan fingerprint density at radius 3 is 2.68 bits per heavy atom. The fourth-order valence-corrected chi connectivity index (χ4v) is 5.76. The molecule has 0 radical (unpaired) electrons. The molecule has 6 nitrogen and oxygen atoms in total. The Balaban J connectivity index is 1.31. The van der Waals surface area contributed by atoms with Crippen molar-refractivity contribution in [3.8, 4) is 11.1 Å². The summed E-state index contributed by atoms with van der Waals surface area (Å²) >= 11 is 1.19. The van der Waals surface area contributed by atoms with E-state index in [0.29, 0.717) is 0 Å². The molecule has 1 aliphatic rings. The smallest absolute Gasteiger partial charge is 0.308 e. The molecular formula is C27H28N4O2S. The molecule has 3 heterocycles. The summed E-state index contributed by atoms with van der Waals surface area (Å²) < 4.78 is 2.50. The Kier molecular flexibility index (Phi) is 6.30. The molecule has 0 spiro atoms. The minimum Gasteiger partial charge on any atom is -0.329 e. The molecule has 0 bridgehead atoms. The van der Waals surface area contributed by atoms with Crippen LogP contribution >= 0.6 is 11.3 Å². The van der Waals surface area contributed by atoms with Gasteiger partial charge in [-0.25, -0.2) is 0 Å². The first-order chi connectivity index (χ1) is 16.5. The van der Waals surface area contributed by atoms with Crippen molar-refractivity contribution in [3.05, 3.63) is 88.3 Å². The normalized spacial score (nSPS) is 17.2. The van der Waals surface area contributed by atoms with Crippen molar-refractivity contribution in [2.45, 2.75) is 38.5 Å². The number of benzene rings is 2. The van der Waals surface area contributed by atoms with Gasteiger partial charge in [0.1, 0.15) is 6.54 Å². The molecule has 0 N–H and O–H groups in total. The van der Waals surface area contributed by atoms with E-state index in [1.807, 2.05) is 43.6 Å². The van der Waals surface area contributed by atoms with Gasteiger partial charge in [0.15, 0.2) is 0 Å². The molecular weight excluding hydrogens is 444 g/mol. The molecule has 1 saturated heterocycles. The summed E-state index contributed by atoms with van der Waals surface area (Å²) in [6.45, 7) is 3.08. The number of amides is 1. The predicted molar refractivity (Wildman–Crippen MR) is 137 cm³/mol. The second-order valence-electron chi connectivity index (χ2n) is 8.82. The van der Waals surface area contributed by atoms with E-state index in [1.54, 1.807) is 15.7 Å². The topological polar surface area (TPSA) is 58.4 Å². The van der Waals surface area contributed by atoms with Crippen molar-refractivity contribution in [1.29, 1.82) is 0 Å². The van der Waals surface area contributed by atoms with Crippen LogP contribution in [-0.4, -0.2) is 45.0 Å². The number of rotatable bonds is 6. The van der Waals surface area contributed by atoms with E-state index in [2.05, 4.69) is 47.1 Å². The lowest BCUT2D eigenvalue weighted by molar-refractivity contribution is -0.136. The van der Waals surface area contributed by atoms with E-state index in [9.17, 15) is 9.59 Å². The summed E-state index contributed by atoms with van der Waals surface area (Å²) in [6.07, 6.45) is 5.74. The lowest BCUT2D eigenvalue weighted by Crippen LogP contribution is -2.48. The quantitative estimate of drug-likeness (QED) is 0.406. The fourth-order valence-electron chi connectivity index (χ4n) is 4.87. The van der Waals surface area contributed by atoms with Crippen molar-refractivity contribution in [1.82, 2.24) is 19.4 Å². The number of pyridine rings is 1. The molecule has 2 atom stereocenters. The zero-order chi connectivity index (χ0) is 23.7. The summed E-state index contributed by atoms with van der Waals surface area (Å²) in [5.41, 5.74) is 4.33. The highest BCUT2D eigenvalue weighted by Gasteiger charge is 2.33. The zero-order valence-electron chi connectivity index (χ0n) is 19.4. The summed E-state index contributed by atoms with van der Waals surface area (Å²) in [6, 6.07) is 20.6. The van der Waals surface area contributed by atoms with Gasteiger partial charge >= 0.3 is 4.87 Å². The number of thiazole rings is 1. The van der Waals surface area contributed by atoms with Gasteiger partial charge in [0.05, 0.1) is 16.4 Å². The highest BCUT2D eigenvalue weighted by atomic mass is 32.1. The SMILES string of the molecule is CC(N(C)C(=O)Cn1c(=O)sc2ccccc21)N1CCCC1c1ccc(-c2cccnc2)cc1. The van der Waals surface area contributed by atoms with Crippen molar-refractivity contribution < 1.29 is 4.79 Å². The highest BCUT2D eigenvalue weighted by molar-refractivity contribution is 7.16. The largest absolute Gasteiger partial charge is 0.329 e. The lowest BCUT2D eigenvalue weighted by Gasteiger charge is -2.37. The molecule has 0 saturated carbocycles. The van der Waals surface area contributed by atoms with E-state index in [4.69, 9.17) is 0 Å². The minimum atomic E-state index is -0.0941. The van der Waals surface area contributed by atoms with E-state index >= 15 is 0 Å². The van der Waals surface area contributed by atoms with Crippen molar-refractivity contribution in [2.75, 3.05) is 13.6 Å². The van der Waals surface area contributed by atoms with Crippen LogP contribution in [0.1, 0.15) is 31.4 Å². The van der Waals surface area contributed by atoms with Crippen LogP contribution < -0.4 is 4.87 Å². The maximum atomic E-state index is 13.2. The monoisotopic (exact) mass is 472 g/mol. The van der Waals surface area contributed by atoms with Crippen molar-refractivity contribution in [3.63, 3.8) is 0 Å². The zero-order valence-corrected chi connectivity index (χ0v) is 20.2. The van der Waals surface area contributed by atoms with Gasteiger partial charge in [-0.15, -0.1) is 0 Å². The molecule has 5 rings (SSSR count). The fraction of sp³-hybridized carbons (Fsp3) is 0.296. The number of aromatic nitrogens is 2. The van der Waals surface area contributed by atoms with Gasteiger partial charge in [0.2, 0.25) is 5.91 Å². The van der Waals surface area contributed by atoms with Crippen LogP contribution in [0.2, 0.25) is 0 Å². The second-order valence-corrected chi connectivity index (χ2v) is 9.81. The number of nitrogens with zero attached hydrogens (tertiary/aromatic N) is 4. The van der Waals surface area contributed by atoms with Crippen LogP contribution in [0.4, 0.5) is 0 Å². The molecule has 2 aromatic carbocycles. The van der Waals surface area contributed by atoms with Gasteiger partial charge in [-0.3, -0.25) is 24.0 Å². The predicted octanol–water partition coefficient (Wildman–Crippen LogP) is 4.77. The second kappa shape index (κ2) is 9.52. The number of hydrogen-bond donors (Lipinski definition) is 0. The number of likely N-dealkylation sites (tertiary alicyclic amines) is 1. The Hall–Kier alpha value is -3.29. The number of likely N-dealkylation sites (N-methyl/N-ethyl adjacent to an activating group) is 1. The molecule has 0 aliphatic carbocycles. The van der Waals surface area contributed by atoms with E-state index in [1.165, 1.54) is 16.9 Å². The molecule has 1 amide bonds. The first kappa shape index (κ1) is 22.5. The molecule has 1 aliphatic heterocycles. The highest BCUT2D eigenvalue weighted by Crippen LogP contribution is 2.35. The van der Waals surface area contributed by atoms with Crippen molar-refractivity contribution >= 4 is 27.5 Å². The Labute approximate surface area is 203 Å². The third-order valence-electron chi connectivity index (χ3n) is 6.89. The molecule has 2 aromatic heterocycles. The molecule has 34 heavy (non-hydrogen) atoms. The number of hydrogen-bond acceptors (Lipinski definition) is 5. The van der Waals surface area contributed by atoms with Crippen LogP contribution in [0.15, 0.2) is 77.9 Å². The molecule has 174 valence electrons. The molecule has 4 aromatic rings. The van der Waals surface area contributed by atoms with Crippen LogP contribution in [0, 0.1) is 0 Å². The number of fused-ring (bicyclic) bond motifs is 1. The lowest BCUT2D eigenvalue weighted by atomic mass is 10.00. The van der Waals surface area contributed by atoms with Gasteiger partial charge in [0.25, 0.3) is 0 Å². The molecule has 7 heteroatoms. The minimum absolute atomic E-state index is 0.0575. The van der Waals surface area contributed by atoms with Gasteiger partial charge in [-0.1, -0.05) is 53.8 Å². The van der Waals surface area contributed by atoms with Crippen LogP contribution in [-0.2, 0) is 11.3 Å². The first-order valence-electron chi connectivity index (χ1n) is 11.6. The maximum absolute atomic E-state index is 13.2. The number of carbonyl (C=O) groups excluding carboxylic acids is 1. The number of carbonyl (C=O) groups is 1. The van der Waals surface area contributed by atoms with Gasteiger partial charge in [0, 0.05) is 32.0 Å². The van der Waals surface area contributed by atoms with Gasteiger partial charge < -0.3 is 4.90 Å². The van der Waals surface area contributed by atoms with Gasteiger partial charge in [-0.2, -0.15) is 0 Å². The van der Waals surface area contributed by atoms with Crippen LogP contribution in [0.5, 0.6) is 0 Å². The van der Waals surface area contributed by atoms with E-state index < -0.39 is 0 Å². The third kappa shape index (κ3) is 4.29. The average molecular weight is 473 g/mol. The summed E-state index contributed by atoms with van der Waals surface area (Å²) in [7, 11) is 1.84. The third-order valence-corrected chi connectivity index (χ3v) is 7.85. The van der Waals surface area contributed by atoms with Crippen molar-refractivity contribution in [2.24, 2.45) is 0 Å². The van der Waals surface area contributed by atoms with Crippen LogP contribution in [0.25, 0.3) is 21.3 Å². The van der Waals surface area contributed by atoms with Crippen LogP contribution in [0.3, 0.4) is 0 Å². The first-order valence-corrected chi connectivity index (χ1v) is 12.4. The standard InChI is InChI=1S/C27H28N4O2S/c1-19(29(2)26(32)18-31-24-8-3-4-10-25(24)34-27(31)33)30-16-6-9-23(30)21-13-11-20(12-14-21)22-7-5-15-28-17-22/h3-5,7-8,10-15,17,19,23H,6,9,16,18H2,1-2H3. The summed E-state index contributed by atoms with van der Waals surface area (Å²) in [4.78, 5) is 34.0. The summed E-state index contributed by atoms with van der Waals surface area (Å²) in [5, 5.41) is 0. The summed E-state index contributed by atoms with van der Waals surface area (Å²) in [5.74, 6) is -0.0595. The van der Waals surface area contributed by atoms with Gasteiger partial charge in [-0.05, 0) is 54.7 Å². The Morgan fingerprint density at radius 2 is 1.91 bits per heavy atom. The number of para-hydroxylation sites is 1. The Bertz CT molecular complexity index is 1350. The van der Waals surface area contributed by atoms with E-state index in [-0.39, 0.29) is 29.5 Å². The molecule has 2 unspecified atom stereocenters. The maximum Gasteiger partial charge on any atom is 0.308 e. The molecule has 1 fully saturated rings. The average Bonchev–Trinajstić information content (AvgIpc) is 3.48.